The molecule has 0 radical (unpaired) electrons. The highest BCUT2D eigenvalue weighted by Crippen LogP contribution is 2.29. The molecule has 0 bridgehead atoms. The van der Waals surface area contributed by atoms with Gasteiger partial charge in [-0.2, -0.15) is 0 Å². The van der Waals surface area contributed by atoms with Crippen LogP contribution in [0.5, 0.6) is 0 Å². The molecule has 0 N–H and O–H groups in total. The molecule has 0 saturated heterocycles. The van der Waals surface area contributed by atoms with Crippen molar-refractivity contribution in [3.63, 3.8) is 0 Å². The Morgan fingerprint density at radius 2 is 1.82 bits per heavy atom. The smallest absolute Gasteiger partial charge is 0.0340 e. The van der Waals surface area contributed by atoms with Crippen LogP contribution < -0.4 is 0 Å². The Morgan fingerprint density at radius 1 is 1.09 bits per heavy atom. The second kappa shape index (κ2) is 12.3. The van der Waals surface area contributed by atoms with Gasteiger partial charge in [0.15, 0.2) is 0 Å². The molecule has 0 aliphatic heterocycles. The molecule has 0 fully saturated rings. The van der Waals surface area contributed by atoms with Gasteiger partial charge in [0.2, 0.25) is 0 Å². The van der Waals surface area contributed by atoms with Crippen LogP contribution in [0.3, 0.4) is 0 Å². The van der Waals surface area contributed by atoms with Crippen molar-refractivity contribution in [3.05, 3.63) is 37.0 Å². The lowest BCUT2D eigenvalue weighted by Gasteiger charge is -2.24. The second-order valence-electron chi connectivity index (χ2n) is 7.40. The van der Waals surface area contributed by atoms with Gasteiger partial charge < -0.3 is 0 Å². The van der Waals surface area contributed by atoms with Crippen molar-refractivity contribution < 1.29 is 0 Å². The van der Waals surface area contributed by atoms with Gasteiger partial charge in [0.1, 0.15) is 0 Å². The summed E-state index contributed by atoms with van der Waals surface area (Å²) >= 11 is 0. The molecule has 0 aromatic rings. The van der Waals surface area contributed by atoms with Gasteiger partial charge in [0.25, 0.3) is 0 Å². The van der Waals surface area contributed by atoms with E-state index in [1.54, 1.807) is 6.08 Å². The van der Waals surface area contributed by atoms with Gasteiger partial charge in [-0.15, -0.1) is 5.92 Å². The third kappa shape index (κ3) is 12.5. The molecular formula is C22H36. The average Bonchev–Trinajstić information content (AvgIpc) is 2.45. The summed E-state index contributed by atoms with van der Waals surface area (Å²) < 4.78 is 0. The van der Waals surface area contributed by atoms with Crippen LogP contribution >= 0.6 is 0 Å². The van der Waals surface area contributed by atoms with Crippen LogP contribution in [0.2, 0.25) is 0 Å². The maximum atomic E-state index is 3.82. The summed E-state index contributed by atoms with van der Waals surface area (Å²) in [6, 6.07) is 0. The molecule has 0 nitrogen and oxygen atoms in total. The normalized spacial score (nSPS) is 13.2. The molecule has 0 heteroatoms. The largest absolute Gasteiger partial charge is 0.103 e. The van der Waals surface area contributed by atoms with Crippen molar-refractivity contribution in [2.45, 2.75) is 79.1 Å². The van der Waals surface area contributed by atoms with E-state index < -0.39 is 0 Å². The van der Waals surface area contributed by atoms with E-state index in [0.29, 0.717) is 5.41 Å². The van der Waals surface area contributed by atoms with Crippen LogP contribution in [0.4, 0.5) is 0 Å². The molecule has 0 aliphatic carbocycles. The van der Waals surface area contributed by atoms with Gasteiger partial charge in [-0.3, -0.25) is 0 Å². The van der Waals surface area contributed by atoms with E-state index in [1.165, 1.54) is 38.5 Å². The highest BCUT2D eigenvalue weighted by Gasteiger charge is 2.17. The van der Waals surface area contributed by atoms with E-state index >= 15 is 0 Å². The molecule has 0 saturated carbocycles. The standard InChI is InChI=1S/C22H36/c1-7-10-11-12-17-21(19-22(4,5)6)18-14-13-16-20(9-3)15-8-2/h8-9,15,21H,2-3,7,10-12,16-19H2,1,4-6H3/b20-15+. The maximum Gasteiger partial charge on any atom is 0.0340 e. The maximum absolute atomic E-state index is 3.82. The van der Waals surface area contributed by atoms with Crippen molar-refractivity contribution in [2.24, 2.45) is 11.3 Å². The highest BCUT2D eigenvalue weighted by molar-refractivity contribution is 5.26. The fourth-order valence-corrected chi connectivity index (χ4v) is 2.73. The van der Waals surface area contributed by atoms with Crippen LogP contribution in [0, 0.1) is 23.2 Å². The molecule has 22 heavy (non-hydrogen) atoms. The molecule has 0 amide bonds. The first kappa shape index (κ1) is 20.8. The Labute approximate surface area is 139 Å². The van der Waals surface area contributed by atoms with E-state index in [9.17, 15) is 0 Å². The van der Waals surface area contributed by atoms with E-state index in [-0.39, 0.29) is 0 Å². The number of rotatable bonds is 10. The Hall–Kier alpha value is -1.22. The summed E-state index contributed by atoms with van der Waals surface area (Å²) in [5, 5.41) is 0. The minimum Gasteiger partial charge on any atom is -0.103 e. The van der Waals surface area contributed by atoms with Crippen molar-refractivity contribution >= 4 is 0 Å². The zero-order valence-corrected chi connectivity index (χ0v) is 15.4. The molecular weight excluding hydrogens is 264 g/mol. The van der Waals surface area contributed by atoms with E-state index in [2.05, 4.69) is 52.7 Å². The van der Waals surface area contributed by atoms with Gasteiger partial charge in [-0.25, -0.2) is 0 Å². The predicted molar refractivity (Wildman–Crippen MR) is 102 cm³/mol. The second-order valence-corrected chi connectivity index (χ2v) is 7.40. The summed E-state index contributed by atoms with van der Waals surface area (Å²) in [5.74, 6) is 7.44. The first-order chi connectivity index (χ1) is 10.4. The summed E-state index contributed by atoms with van der Waals surface area (Å²) in [6.45, 7) is 16.8. The lowest BCUT2D eigenvalue weighted by atomic mass is 9.81. The van der Waals surface area contributed by atoms with Crippen LogP contribution in [-0.2, 0) is 0 Å². The van der Waals surface area contributed by atoms with Crippen LogP contribution in [0.1, 0.15) is 79.1 Å². The zero-order valence-electron chi connectivity index (χ0n) is 15.4. The minimum absolute atomic E-state index is 0.395. The quantitative estimate of drug-likeness (QED) is 0.229. The molecule has 124 valence electrons. The molecule has 0 heterocycles. The van der Waals surface area contributed by atoms with Crippen molar-refractivity contribution in [3.8, 4) is 11.8 Å². The molecule has 0 aliphatic rings. The average molecular weight is 301 g/mol. The Morgan fingerprint density at radius 3 is 2.36 bits per heavy atom. The highest BCUT2D eigenvalue weighted by atomic mass is 14.2. The van der Waals surface area contributed by atoms with Crippen molar-refractivity contribution in [2.75, 3.05) is 0 Å². The van der Waals surface area contributed by atoms with Crippen LogP contribution in [0.25, 0.3) is 0 Å². The molecule has 0 aromatic carbocycles. The van der Waals surface area contributed by atoms with Crippen LogP contribution in [0.15, 0.2) is 37.0 Å². The van der Waals surface area contributed by atoms with Gasteiger partial charge in [-0.1, -0.05) is 90.7 Å². The van der Waals surface area contributed by atoms with Gasteiger partial charge in [-0.05, 0) is 29.7 Å². The Bertz CT molecular complexity index is 392. The zero-order chi connectivity index (χ0) is 16.8. The topological polar surface area (TPSA) is 0 Å². The summed E-state index contributed by atoms with van der Waals surface area (Å²) in [7, 11) is 0. The minimum atomic E-state index is 0.395. The van der Waals surface area contributed by atoms with E-state index in [1.807, 2.05) is 12.2 Å². The molecule has 1 atom stereocenters. The lowest BCUT2D eigenvalue weighted by Crippen LogP contribution is -2.13. The number of hydrogen-bond donors (Lipinski definition) is 0. The van der Waals surface area contributed by atoms with Gasteiger partial charge >= 0.3 is 0 Å². The first-order valence-electron chi connectivity index (χ1n) is 8.82. The van der Waals surface area contributed by atoms with Gasteiger partial charge in [0.05, 0.1) is 0 Å². The Kier molecular flexibility index (Phi) is 11.7. The molecule has 0 rings (SSSR count). The number of hydrogen-bond acceptors (Lipinski definition) is 0. The van der Waals surface area contributed by atoms with Crippen molar-refractivity contribution in [1.29, 1.82) is 0 Å². The third-order valence-electron chi connectivity index (χ3n) is 3.77. The first-order valence-corrected chi connectivity index (χ1v) is 8.82. The fraction of sp³-hybridized carbons (Fsp3) is 0.636. The lowest BCUT2D eigenvalue weighted by molar-refractivity contribution is 0.280. The summed E-state index contributed by atoms with van der Waals surface area (Å²) in [6.07, 6.45) is 15.5. The number of allylic oxidation sites excluding steroid dienone is 4. The third-order valence-corrected chi connectivity index (χ3v) is 3.77. The summed E-state index contributed by atoms with van der Waals surface area (Å²) in [5.41, 5.74) is 1.55. The van der Waals surface area contributed by atoms with Crippen LogP contribution in [-0.4, -0.2) is 0 Å². The van der Waals surface area contributed by atoms with E-state index in [4.69, 9.17) is 0 Å². The van der Waals surface area contributed by atoms with E-state index in [0.717, 1.165) is 24.3 Å². The number of unbranched alkanes of at least 4 members (excludes halogenated alkanes) is 3. The monoisotopic (exact) mass is 300 g/mol. The molecule has 0 aromatic heterocycles. The van der Waals surface area contributed by atoms with Crippen molar-refractivity contribution in [1.82, 2.24) is 0 Å². The summed E-state index contributed by atoms with van der Waals surface area (Å²) in [4.78, 5) is 0. The molecule has 0 spiro atoms. The van der Waals surface area contributed by atoms with Gasteiger partial charge in [0, 0.05) is 12.8 Å². The molecule has 1 unspecified atom stereocenters. The SMILES string of the molecule is C=C/C=C(\C=C)CC#CCC(CCCCCC)CC(C)(C)C. The predicted octanol–water partition coefficient (Wildman–Crippen LogP) is 7.09. The fourth-order valence-electron chi connectivity index (χ4n) is 2.73. The Balaban J connectivity index is 4.41.